The fraction of sp³-hybridized carbons (Fsp3) is 0.0769. The van der Waals surface area contributed by atoms with E-state index >= 15 is 0 Å². The van der Waals surface area contributed by atoms with Crippen molar-refractivity contribution >= 4 is 33.0 Å². The molecule has 8 aromatic rings. The summed E-state index contributed by atoms with van der Waals surface area (Å²) in [4.78, 5) is 2.49. The highest BCUT2D eigenvalue weighted by atomic mass is 79.9. The van der Waals surface area contributed by atoms with Crippen molar-refractivity contribution in [3.05, 3.63) is 232 Å². The van der Waals surface area contributed by atoms with Crippen molar-refractivity contribution in [2.75, 3.05) is 4.90 Å². The van der Waals surface area contributed by atoms with E-state index in [0.717, 1.165) is 21.5 Å². The van der Waals surface area contributed by atoms with Crippen molar-refractivity contribution in [2.45, 2.75) is 24.7 Å². The van der Waals surface area contributed by atoms with Crippen molar-refractivity contribution in [3.63, 3.8) is 0 Å². The van der Waals surface area contributed by atoms with Gasteiger partial charge in [-0.2, -0.15) is 0 Å². The van der Waals surface area contributed by atoms with Crippen LogP contribution in [0.1, 0.15) is 47.2 Å². The second-order valence-electron chi connectivity index (χ2n) is 15.0. The average Bonchev–Trinajstić information content (AvgIpc) is 3.65. The van der Waals surface area contributed by atoms with Gasteiger partial charge in [0.15, 0.2) is 0 Å². The Labute approximate surface area is 326 Å². The molecule has 0 fully saturated rings. The molecule has 8 aromatic carbocycles. The minimum atomic E-state index is -0.599. The molecule has 0 spiro atoms. The van der Waals surface area contributed by atoms with Gasteiger partial charge in [0.1, 0.15) is 0 Å². The molecule has 0 aromatic heterocycles. The van der Waals surface area contributed by atoms with E-state index in [1.165, 1.54) is 66.8 Å². The van der Waals surface area contributed by atoms with Gasteiger partial charge >= 0.3 is 0 Å². The molecule has 0 unspecified atom stereocenters. The van der Waals surface area contributed by atoms with E-state index in [4.69, 9.17) is 0 Å². The number of hydrogen-bond donors (Lipinski definition) is 0. The summed E-state index contributed by atoms with van der Waals surface area (Å²) in [6.45, 7) is 4.73. The van der Waals surface area contributed by atoms with E-state index in [0.29, 0.717) is 0 Å². The number of hydrogen-bond acceptors (Lipinski definition) is 1. The number of para-hydroxylation sites is 1. The first-order valence-electron chi connectivity index (χ1n) is 18.7. The average molecular weight is 757 g/mol. The molecule has 54 heavy (non-hydrogen) atoms. The van der Waals surface area contributed by atoms with E-state index in [9.17, 15) is 0 Å². The maximum absolute atomic E-state index is 4.07. The molecule has 0 atom stereocenters. The Hall–Kier alpha value is -5.96. The smallest absolute Gasteiger partial charge is 0.0744 e. The van der Waals surface area contributed by atoms with Crippen LogP contribution in [0, 0.1) is 0 Å². The van der Waals surface area contributed by atoms with Gasteiger partial charge in [0.25, 0.3) is 0 Å². The number of nitrogens with zero attached hydrogens (tertiary/aromatic N) is 1. The van der Waals surface area contributed by atoms with Gasteiger partial charge in [0.05, 0.1) is 11.1 Å². The van der Waals surface area contributed by atoms with Crippen LogP contribution in [0.15, 0.2) is 199 Å². The zero-order valence-corrected chi connectivity index (χ0v) is 31.9. The maximum Gasteiger partial charge on any atom is 0.0744 e. The Balaban J connectivity index is 1.27. The second kappa shape index (κ2) is 12.6. The van der Waals surface area contributed by atoms with Crippen LogP contribution in [0.4, 0.5) is 17.1 Å². The predicted molar refractivity (Wildman–Crippen MR) is 229 cm³/mol. The number of halogens is 1. The molecule has 0 radical (unpaired) electrons. The van der Waals surface area contributed by atoms with Crippen molar-refractivity contribution in [1.82, 2.24) is 0 Å². The monoisotopic (exact) mass is 755 g/mol. The quantitative estimate of drug-likeness (QED) is 0.163. The van der Waals surface area contributed by atoms with Crippen LogP contribution in [0.25, 0.3) is 33.4 Å². The van der Waals surface area contributed by atoms with Crippen LogP contribution >= 0.6 is 15.9 Å². The lowest BCUT2D eigenvalue weighted by Crippen LogP contribution is -2.31. The van der Waals surface area contributed by atoms with E-state index in [-0.39, 0.29) is 5.41 Å². The highest BCUT2D eigenvalue weighted by Crippen LogP contribution is 2.60. The largest absolute Gasteiger partial charge is 0.310 e. The third-order valence-electron chi connectivity index (χ3n) is 11.8. The lowest BCUT2D eigenvalue weighted by Gasteiger charge is -2.39. The molecule has 0 amide bonds. The van der Waals surface area contributed by atoms with E-state index in [1.807, 2.05) is 0 Å². The minimum Gasteiger partial charge on any atom is -0.310 e. The molecule has 0 N–H and O–H groups in total. The summed E-state index contributed by atoms with van der Waals surface area (Å²) in [5, 5.41) is 0. The van der Waals surface area contributed by atoms with Crippen molar-refractivity contribution in [3.8, 4) is 33.4 Å². The maximum atomic E-state index is 4.07. The lowest BCUT2D eigenvalue weighted by molar-refractivity contribution is 0.660. The van der Waals surface area contributed by atoms with Crippen LogP contribution in [0.2, 0.25) is 0 Å². The number of fused-ring (bicyclic) bond motifs is 6. The number of rotatable bonds is 6. The van der Waals surface area contributed by atoms with Crippen LogP contribution in [0.5, 0.6) is 0 Å². The van der Waals surface area contributed by atoms with Gasteiger partial charge in [-0.05, 0) is 103 Å². The van der Waals surface area contributed by atoms with Crippen molar-refractivity contribution < 1.29 is 0 Å². The Kier molecular flexibility index (Phi) is 7.61. The standard InChI is InChI=1S/C52H38BrN/c1-51(2)43-21-9-6-18-39(43)42-33-32-38(34-48(42)51)54(37-30-28-36(29-31-37)35-16-4-3-5-17-35)50-27-15-13-25-47(50)52(46-24-12-14-26-49(46)53)44-22-10-7-19-40(44)41-20-8-11-23-45(41)52/h3-34H,1-2H3. The highest BCUT2D eigenvalue weighted by Gasteiger charge is 2.48. The molecule has 258 valence electrons. The molecule has 0 saturated heterocycles. The molecule has 2 aliphatic carbocycles. The summed E-state index contributed by atoms with van der Waals surface area (Å²) in [5.74, 6) is 0. The van der Waals surface area contributed by atoms with E-state index in [2.05, 4.69) is 229 Å². The molecule has 0 saturated carbocycles. The summed E-state index contributed by atoms with van der Waals surface area (Å²) >= 11 is 4.07. The Morgan fingerprint density at radius 3 is 1.48 bits per heavy atom. The Morgan fingerprint density at radius 1 is 0.370 bits per heavy atom. The fourth-order valence-corrected chi connectivity index (χ4v) is 9.99. The topological polar surface area (TPSA) is 3.24 Å². The highest BCUT2D eigenvalue weighted by molar-refractivity contribution is 9.10. The molecule has 1 nitrogen and oxygen atoms in total. The minimum absolute atomic E-state index is 0.135. The molecular weight excluding hydrogens is 718 g/mol. The molecule has 2 heteroatoms. The molecular formula is C52H38BrN. The Morgan fingerprint density at radius 2 is 0.833 bits per heavy atom. The molecule has 0 heterocycles. The zero-order valence-electron chi connectivity index (χ0n) is 30.3. The fourth-order valence-electron chi connectivity index (χ4n) is 9.40. The first-order chi connectivity index (χ1) is 26.5. The lowest BCUT2D eigenvalue weighted by atomic mass is 9.67. The van der Waals surface area contributed by atoms with Gasteiger partial charge in [-0.15, -0.1) is 0 Å². The summed E-state index contributed by atoms with van der Waals surface area (Å²) < 4.78 is 1.09. The molecule has 10 rings (SSSR count). The van der Waals surface area contributed by atoms with Crippen LogP contribution in [-0.4, -0.2) is 0 Å². The molecule has 0 aliphatic heterocycles. The predicted octanol–water partition coefficient (Wildman–Crippen LogP) is 14.3. The van der Waals surface area contributed by atoms with Gasteiger partial charge in [0.2, 0.25) is 0 Å². The first kappa shape index (κ1) is 32.7. The summed E-state index contributed by atoms with van der Waals surface area (Å²) in [6, 6.07) is 71.5. The third-order valence-corrected chi connectivity index (χ3v) is 12.5. The number of anilines is 3. The molecule has 0 bridgehead atoms. The summed E-state index contributed by atoms with van der Waals surface area (Å²) in [6.07, 6.45) is 0. The van der Waals surface area contributed by atoms with Gasteiger partial charge in [0, 0.05) is 21.3 Å². The molecule has 2 aliphatic rings. The SMILES string of the molecule is CC1(C)c2ccccc2-c2ccc(N(c3ccc(-c4ccccc4)cc3)c3ccccc3C3(c4ccccc4Br)c4ccccc4-c4ccccc43)cc21. The third kappa shape index (κ3) is 4.76. The van der Waals surface area contributed by atoms with Gasteiger partial charge in [-0.3, -0.25) is 0 Å². The van der Waals surface area contributed by atoms with E-state index in [1.54, 1.807) is 0 Å². The van der Waals surface area contributed by atoms with Crippen LogP contribution in [-0.2, 0) is 10.8 Å². The van der Waals surface area contributed by atoms with Crippen LogP contribution in [0.3, 0.4) is 0 Å². The first-order valence-corrected chi connectivity index (χ1v) is 19.5. The van der Waals surface area contributed by atoms with Crippen molar-refractivity contribution in [1.29, 1.82) is 0 Å². The van der Waals surface area contributed by atoms with Gasteiger partial charge in [-0.1, -0.05) is 188 Å². The van der Waals surface area contributed by atoms with Gasteiger partial charge in [-0.25, -0.2) is 0 Å². The van der Waals surface area contributed by atoms with Crippen LogP contribution < -0.4 is 4.90 Å². The zero-order chi connectivity index (χ0) is 36.4. The summed E-state index contributed by atoms with van der Waals surface area (Å²) in [7, 11) is 0. The number of benzene rings is 8. The summed E-state index contributed by atoms with van der Waals surface area (Å²) in [5.41, 5.74) is 18.0. The van der Waals surface area contributed by atoms with Crippen molar-refractivity contribution in [2.24, 2.45) is 0 Å². The normalized spacial score (nSPS) is 14.1. The Bertz CT molecular complexity index is 2660. The van der Waals surface area contributed by atoms with Gasteiger partial charge < -0.3 is 4.90 Å². The second-order valence-corrected chi connectivity index (χ2v) is 15.8. The van der Waals surface area contributed by atoms with E-state index < -0.39 is 5.41 Å².